The number of quaternary nitrogens is 1. The molecule has 2 heterocycles. The zero-order valence-electron chi connectivity index (χ0n) is 14.7. The first kappa shape index (κ1) is 17.1. The summed E-state index contributed by atoms with van der Waals surface area (Å²) in [7, 11) is 6.11. The van der Waals surface area contributed by atoms with Crippen LogP contribution in [0.3, 0.4) is 0 Å². The molecular formula is C17H22N3O5+. The molecule has 1 aliphatic rings. The van der Waals surface area contributed by atoms with Crippen LogP contribution in [0.15, 0.2) is 18.5 Å². The highest BCUT2D eigenvalue weighted by atomic mass is 16.5. The highest BCUT2D eigenvalue weighted by Gasteiger charge is 2.39. The highest BCUT2D eigenvalue weighted by Crippen LogP contribution is 2.43. The Morgan fingerprint density at radius 1 is 1.16 bits per heavy atom. The highest BCUT2D eigenvalue weighted by molar-refractivity contribution is 5.74. The van der Waals surface area contributed by atoms with Crippen LogP contribution < -0.4 is 19.5 Å². The number of rotatable bonds is 5. The van der Waals surface area contributed by atoms with Crippen LogP contribution in [0, 0.1) is 0 Å². The van der Waals surface area contributed by atoms with Gasteiger partial charge in [-0.2, -0.15) is 0 Å². The smallest absolute Gasteiger partial charge is 0.365 e. The lowest BCUT2D eigenvalue weighted by Gasteiger charge is -2.27. The second-order valence-electron chi connectivity index (χ2n) is 5.69. The van der Waals surface area contributed by atoms with Gasteiger partial charge in [0.05, 0.1) is 52.4 Å². The van der Waals surface area contributed by atoms with Gasteiger partial charge in [0.15, 0.2) is 23.6 Å². The molecule has 1 aromatic heterocycles. The minimum Gasteiger partial charge on any atom is -0.493 e. The molecule has 0 radical (unpaired) electrons. The summed E-state index contributed by atoms with van der Waals surface area (Å²) in [6, 6.07) is 3.15. The van der Waals surface area contributed by atoms with E-state index in [2.05, 4.69) is 9.97 Å². The van der Waals surface area contributed by atoms with Gasteiger partial charge in [0, 0.05) is 0 Å². The third-order valence-corrected chi connectivity index (χ3v) is 4.47. The van der Waals surface area contributed by atoms with E-state index in [4.69, 9.17) is 18.9 Å². The average Bonchev–Trinajstić information content (AvgIpc) is 3.13. The number of nitrogens with one attached hydrogen (secondary N) is 1. The van der Waals surface area contributed by atoms with Crippen molar-refractivity contribution in [3.8, 4) is 17.2 Å². The summed E-state index contributed by atoms with van der Waals surface area (Å²) in [5.74, 6) is 1.37. The molecule has 0 fully saturated rings. The van der Waals surface area contributed by atoms with E-state index in [1.165, 1.54) is 7.11 Å². The van der Waals surface area contributed by atoms with Crippen LogP contribution >= 0.6 is 0 Å². The predicted octanol–water partition coefficient (Wildman–Crippen LogP) is 0.186. The Bertz CT molecular complexity index is 774. The normalized spacial score (nSPS) is 19.0. The van der Waals surface area contributed by atoms with E-state index in [0.717, 1.165) is 17.0 Å². The van der Waals surface area contributed by atoms with Crippen molar-refractivity contribution in [1.29, 1.82) is 0 Å². The molecule has 0 unspecified atom stereocenters. The van der Waals surface area contributed by atoms with E-state index in [1.807, 2.05) is 17.4 Å². The summed E-state index contributed by atoms with van der Waals surface area (Å²) in [5, 5.41) is 1.95. The number of hydrogen-bond acceptors (Lipinski definition) is 6. The fourth-order valence-electron chi connectivity index (χ4n) is 3.31. The monoisotopic (exact) mass is 348 g/mol. The number of aromatic amines is 1. The number of fused-ring (bicyclic) bond motifs is 1. The Morgan fingerprint density at radius 2 is 1.92 bits per heavy atom. The summed E-state index contributed by atoms with van der Waals surface area (Å²) < 4.78 is 21.3. The largest absolute Gasteiger partial charge is 0.493 e. The molecule has 0 amide bonds. The van der Waals surface area contributed by atoms with Gasteiger partial charge in [-0.1, -0.05) is 0 Å². The average molecular weight is 348 g/mol. The number of aromatic nitrogens is 2. The van der Waals surface area contributed by atoms with E-state index in [-0.39, 0.29) is 18.1 Å². The number of H-pyrrole nitrogens is 1. The van der Waals surface area contributed by atoms with Crippen molar-refractivity contribution in [2.24, 2.45) is 0 Å². The molecule has 1 aliphatic heterocycles. The van der Waals surface area contributed by atoms with Crippen LogP contribution in [-0.4, -0.2) is 50.4 Å². The molecule has 2 atom stereocenters. The maximum Gasteiger partial charge on any atom is 0.365 e. The first-order chi connectivity index (χ1) is 12.1. The van der Waals surface area contributed by atoms with Crippen LogP contribution in [0.5, 0.6) is 17.2 Å². The van der Waals surface area contributed by atoms with Crippen LogP contribution in [0.4, 0.5) is 0 Å². The summed E-state index contributed by atoms with van der Waals surface area (Å²) in [6.45, 7) is 0. The first-order valence-electron chi connectivity index (χ1n) is 7.88. The van der Waals surface area contributed by atoms with Crippen LogP contribution in [0.25, 0.3) is 0 Å². The van der Waals surface area contributed by atoms with Gasteiger partial charge in [-0.25, -0.2) is 9.78 Å². The molecule has 0 spiro atoms. The second kappa shape index (κ2) is 7.02. The number of ether oxygens (including phenoxy) is 4. The number of methoxy groups -OCH3 is 4. The number of nitrogens with two attached hydrogens (primary N) is 1. The van der Waals surface area contributed by atoms with E-state index < -0.39 is 0 Å². The Kier molecular flexibility index (Phi) is 4.80. The van der Waals surface area contributed by atoms with Gasteiger partial charge in [-0.05, 0) is 12.1 Å². The number of carbonyl (C=O) groups is 1. The fraction of sp³-hybridized carbons (Fsp3) is 0.412. The van der Waals surface area contributed by atoms with Gasteiger partial charge in [0.1, 0.15) is 5.69 Å². The van der Waals surface area contributed by atoms with Crippen molar-refractivity contribution in [3.63, 3.8) is 0 Å². The fourth-order valence-corrected chi connectivity index (χ4v) is 3.31. The topological polar surface area (TPSA) is 99.3 Å². The molecule has 3 rings (SSSR count). The molecule has 134 valence electrons. The molecule has 0 bridgehead atoms. The third-order valence-electron chi connectivity index (χ3n) is 4.47. The van der Waals surface area contributed by atoms with Gasteiger partial charge in [-0.3, -0.25) is 0 Å². The predicted molar refractivity (Wildman–Crippen MR) is 88.0 cm³/mol. The Hall–Kier alpha value is -2.74. The van der Waals surface area contributed by atoms with Gasteiger partial charge in [-0.15, -0.1) is 0 Å². The number of benzene rings is 1. The van der Waals surface area contributed by atoms with Crippen LogP contribution in [-0.2, 0) is 16.0 Å². The zero-order valence-corrected chi connectivity index (χ0v) is 14.7. The summed E-state index contributed by atoms with van der Waals surface area (Å²) in [4.78, 5) is 19.6. The van der Waals surface area contributed by atoms with Gasteiger partial charge in [0.2, 0.25) is 5.75 Å². The third kappa shape index (κ3) is 2.89. The van der Waals surface area contributed by atoms with Gasteiger partial charge < -0.3 is 29.2 Å². The van der Waals surface area contributed by atoms with Crippen molar-refractivity contribution < 1.29 is 29.1 Å². The zero-order chi connectivity index (χ0) is 18.0. The van der Waals surface area contributed by atoms with Crippen molar-refractivity contribution in [1.82, 2.24) is 9.97 Å². The molecule has 3 N–H and O–H groups in total. The summed E-state index contributed by atoms with van der Waals surface area (Å²) in [5.41, 5.74) is 2.64. The lowest BCUT2D eigenvalue weighted by Crippen LogP contribution is -2.94. The Labute approximate surface area is 145 Å². The van der Waals surface area contributed by atoms with Crippen LogP contribution in [0.2, 0.25) is 0 Å². The number of carbonyl (C=O) groups excluding carboxylic acids is 1. The van der Waals surface area contributed by atoms with Crippen molar-refractivity contribution >= 4 is 5.97 Å². The molecule has 8 heteroatoms. The van der Waals surface area contributed by atoms with E-state index in [1.54, 1.807) is 27.7 Å². The molecule has 2 aromatic rings. The van der Waals surface area contributed by atoms with Gasteiger partial charge >= 0.3 is 5.97 Å². The molecule has 1 aromatic carbocycles. The Morgan fingerprint density at radius 3 is 2.56 bits per heavy atom. The van der Waals surface area contributed by atoms with Crippen LogP contribution in [0.1, 0.15) is 23.0 Å². The van der Waals surface area contributed by atoms with Crippen molar-refractivity contribution in [2.75, 3.05) is 28.4 Å². The lowest BCUT2D eigenvalue weighted by atomic mass is 9.93. The lowest BCUT2D eigenvalue weighted by molar-refractivity contribution is -0.712. The molecule has 0 saturated carbocycles. The van der Waals surface area contributed by atoms with E-state index >= 15 is 0 Å². The van der Waals surface area contributed by atoms with Crippen molar-refractivity contribution in [3.05, 3.63) is 35.4 Å². The maximum absolute atomic E-state index is 12.1. The number of nitrogens with zero attached hydrogens (tertiary/aromatic N) is 1. The number of hydrogen-bond donors (Lipinski definition) is 2. The van der Waals surface area contributed by atoms with E-state index in [9.17, 15) is 4.79 Å². The molecular weight excluding hydrogens is 326 g/mol. The molecule has 25 heavy (non-hydrogen) atoms. The summed E-state index contributed by atoms with van der Waals surface area (Å²) in [6.07, 6.45) is 2.15. The molecule has 0 aliphatic carbocycles. The summed E-state index contributed by atoms with van der Waals surface area (Å²) >= 11 is 0. The standard InChI is InChI=1S/C17H21N3O5/c1-22-12-6-5-9(15(23-2)16(12)24-3)13-14-10(18-8-19-14)7-11(20-13)17(21)25-4/h5-6,8,11,13,20H,7H2,1-4H3,(H,18,19)/p+1/t11-,13+/m1/s1. The minimum atomic E-state index is -0.372. The SMILES string of the molecule is COC(=O)[C@H]1Cc2nc[nH]c2[C@H](c2ccc(OC)c(OC)c2OC)[NH2+]1. The van der Waals surface area contributed by atoms with E-state index in [0.29, 0.717) is 23.7 Å². The minimum absolute atomic E-state index is 0.204. The number of esters is 1. The van der Waals surface area contributed by atoms with Gasteiger partial charge in [0.25, 0.3) is 0 Å². The maximum atomic E-state index is 12.1. The molecule has 0 saturated heterocycles. The van der Waals surface area contributed by atoms with Crippen molar-refractivity contribution in [2.45, 2.75) is 18.5 Å². The second-order valence-corrected chi connectivity index (χ2v) is 5.69. The molecule has 8 nitrogen and oxygen atoms in total. The quantitative estimate of drug-likeness (QED) is 0.748. The number of imidazole rings is 1. The first-order valence-corrected chi connectivity index (χ1v) is 7.88. The Balaban J connectivity index is 2.10.